The molecule has 1 amide bonds. The Balaban J connectivity index is 1.48. The van der Waals surface area contributed by atoms with Gasteiger partial charge in [-0.1, -0.05) is 61.9 Å². The minimum absolute atomic E-state index is 0.0315. The Morgan fingerprint density at radius 1 is 1.12 bits per heavy atom. The topological polar surface area (TPSA) is 78.9 Å². The lowest BCUT2D eigenvalue weighted by Crippen LogP contribution is -2.57. The van der Waals surface area contributed by atoms with Gasteiger partial charge in [-0.05, 0) is 54.7 Å². The van der Waals surface area contributed by atoms with Crippen molar-refractivity contribution in [3.05, 3.63) is 65.7 Å². The lowest BCUT2D eigenvalue weighted by molar-refractivity contribution is -0.137. The van der Waals surface area contributed by atoms with E-state index in [0.29, 0.717) is 12.5 Å². The first-order valence-electron chi connectivity index (χ1n) is 12.5. The van der Waals surface area contributed by atoms with Crippen molar-refractivity contribution in [2.75, 3.05) is 4.90 Å². The van der Waals surface area contributed by atoms with Crippen molar-refractivity contribution in [2.24, 2.45) is 5.41 Å². The fourth-order valence-electron chi connectivity index (χ4n) is 6.32. The van der Waals surface area contributed by atoms with Crippen molar-refractivity contribution in [3.8, 4) is 0 Å². The van der Waals surface area contributed by atoms with Crippen molar-refractivity contribution >= 4 is 17.7 Å². The molecule has 4 unspecified atom stereocenters. The van der Waals surface area contributed by atoms with Gasteiger partial charge in [-0.15, -0.1) is 0 Å². The second-order valence-electron chi connectivity index (χ2n) is 10.3. The van der Waals surface area contributed by atoms with Gasteiger partial charge in [0.25, 0.3) is 0 Å². The van der Waals surface area contributed by atoms with Crippen LogP contribution < -0.4 is 10.2 Å². The Morgan fingerprint density at radius 2 is 1.85 bits per heavy atom. The summed E-state index contributed by atoms with van der Waals surface area (Å²) in [5, 5.41) is 13.2. The summed E-state index contributed by atoms with van der Waals surface area (Å²) in [5.74, 6) is -0.611. The second kappa shape index (κ2) is 9.41. The number of carboxylic acid groups (broad SMARTS) is 1. The van der Waals surface area contributed by atoms with Crippen molar-refractivity contribution in [2.45, 2.75) is 82.5 Å². The molecule has 3 aliphatic rings. The monoisotopic (exact) mass is 462 g/mol. The SMILES string of the molecule is CC12CCCC1N(C(=O)OCc1ccccc1)c1ccccc1C2C(CCC(=O)O)NC1CC1. The molecule has 2 N–H and O–H groups in total. The van der Waals surface area contributed by atoms with Crippen LogP contribution in [0.25, 0.3) is 0 Å². The third-order valence-electron chi connectivity index (χ3n) is 8.01. The largest absolute Gasteiger partial charge is 0.481 e. The zero-order chi connectivity index (χ0) is 23.7. The molecule has 180 valence electrons. The van der Waals surface area contributed by atoms with Crippen LogP contribution in [0.5, 0.6) is 0 Å². The van der Waals surface area contributed by atoms with E-state index in [1.54, 1.807) is 0 Å². The summed E-state index contributed by atoms with van der Waals surface area (Å²) < 4.78 is 5.82. The number of amides is 1. The Morgan fingerprint density at radius 3 is 2.59 bits per heavy atom. The van der Waals surface area contributed by atoms with Gasteiger partial charge in [0.05, 0.1) is 5.69 Å². The third kappa shape index (κ3) is 4.43. The Bertz CT molecular complexity index is 1040. The standard InChI is InChI=1S/C28H34N2O4/c1-28-17-7-12-24(28)30(27(33)34-18-19-8-3-2-4-9-19)23-11-6-5-10-21(23)26(28)22(15-16-25(31)32)29-20-13-14-20/h2-6,8-11,20,22,24,26,29H,7,12-18H2,1H3,(H,31,32). The van der Waals surface area contributed by atoms with E-state index in [-0.39, 0.29) is 42.5 Å². The molecule has 0 spiro atoms. The van der Waals surface area contributed by atoms with E-state index < -0.39 is 5.97 Å². The molecule has 2 saturated carbocycles. The highest BCUT2D eigenvalue weighted by molar-refractivity contribution is 5.91. The zero-order valence-electron chi connectivity index (χ0n) is 19.8. The number of carbonyl (C=O) groups excluding carboxylic acids is 1. The van der Waals surface area contributed by atoms with Gasteiger partial charge in [0.15, 0.2) is 0 Å². The van der Waals surface area contributed by atoms with Crippen LogP contribution in [0.1, 0.15) is 68.9 Å². The predicted octanol–water partition coefficient (Wildman–Crippen LogP) is 5.47. The fraction of sp³-hybridized carbons (Fsp3) is 0.500. The third-order valence-corrected chi connectivity index (χ3v) is 8.01. The lowest BCUT2D eigenvalue weighted by atomic mass is 9.62. The van der Waals surface area contributed by atoms with Crippen LogP contribution in [0.3, 0.4) is 0 Å². The number of nitrogens with one attached hydrogen (secondary N) is 1. The van der Waals surface area contributed by atoms with Crippen LogP contribution in [-0.2, 0) is 16.1 Å². The van der Waals surface area contributed by atoms with Crippen LogP contribution in [0, 0.1) is 5.41 Å². The molecule has 34 heavy (non-hydrogen) atoms. The van der Waals surface area contributed by atoms with Crippen LogP contribution in [0.4, 0.5) is 10.5 Å². The van der Waals surface area contributed by atoms with E-state index in [1.165, 1.54) is 0 Å². The van der Waals surface area contributed by atoms with Crippen molar-refractivity contribution < 1.29 is 19.4 Å². The number of carboxylic acids is 1. The molecule has 6 nitrogen and oxygen atoms in total. The number of benzene rings is 2. The summed E-state index contributed by atoms with van der Waals surface area (Å²) in [6, 6.07) is 18.5. The summed E-state index contributed by atoms with van der Waals surface area (Å²) in [6.45, 7) is 2.54. The van der Waals surface area contributed by atoms with Gasteiger partial charge >= 0.3 is 12.1 Å². The average molecular weight is 463 g/mol. The Hall–Kier alpha value is -2.86. The van der Waals surface area contributed by atoms with Crippen LogP contribution in [-0.4, -0.2) is 35.3 Å². The Kier molecular flexibility index (Phi) is 6.34. The van der Waals surface area contributed by atoms with E-state index in [1.807, 2.05) is 53.4 Å². The van der Waals surface area contributed by atoms with Crippen LogP contribution in [0.15, 0.2) is 54.6 Å². The van der Waals surface area contributed by atoms with Crippen LogP contribution >= 0.6 is 0 Å². The lowest BCUT2D eigenvalue weighted by Gasteiger charge is -2.52. The zero-order valence-corrected chi connectivity index (χ0v) is 19.8. The highest BCUT2D eigenvalue weighted by Crippen LogP contribution is 2.58. The van der Waals surface area contributed by atoms with E-state index in [9.17, 15) is 14.7 Å². The summed E-state index contributed by atoms with van der Waals surface area (Å²) in [6.07, 6.45) is 5.71. The van der Waals surface area contributed by atoms with Gasteiger partial charge in [-0.25, -0.2) is 4.79 Å². The van der Waals surface area contributed by atoms with Crippen molar-refractivity contribution in [1.29, 1.82) is 0 Å². The Labute approximate surface area is 201 Å². The quantitative estimate of drug-likeness (QED) is 0.544. The number of hydrogen-bond donors (Lipinski definition) is 2. The maximum Gasteiger partial charge on any atom is 0.414 e. The molecule has 4 atom stereocenters. The molecule has 2 aliphatic carbocycles. The summed E-state index contributed by atoms with van der Waals surface area (Å²) >= 11 is 0. The minimum atomic E-state index is -0.758. The van der Waals surface area contributed by atoms with E-state index in [0.717, 1.165) is 48.9 Å². The van der Waals surface area contributed by atoms with E-state index >= 15 is 0 Å². The molecule has 0 saturated heterocycles. The van der Waals surface area contributed by atoms with Crippen LogP contribution in [0.2, 0.25) is 0 Å². The molecule has 0 aromatic heterocycles. The first-order valence-corrected chi connectivity index (χ1v) is 12.5. The van der Waals surface area contributed by atoms with Gasteiger partial charge in [-0.2, -0.15) is 0 Å². The van der Waals surface area contributed by atoms with Gasteiger partial charge in [-0.3, -0.25) is 9.69 Å². The predicted molar refractivity (Wildman–Crippen MR) is 131 cm³/mol. The molecule has 0 bridgehead atoms. The minimum Gasteiger partial charge on any atom is -0.481 e. The number of aliphatic carboxylic acids is 1. The molecule has 2 aromatic rings. The molecule has 1 heterocycles. The summed E-state index contributed by atoms with van der Waals surface area (Å²) in [4.78, 5) is 26.9. The first kappa shape index (κ1) is 22.9. The van der Waals surface area contributed by atoms with Gasteiger partial charge in [0, 0.05) is 30.5 Å². The summed E-state index contributed by atoms with van der Waals surface area (Å²) in [5.41, 5.74) is 2.86. The summed E-state index contributed by atoms with van der Waals surface area (Å²) in [7, 11) is 0. The molecule has 2 fully saturated rings. The highest BCUT2D eigenvalue weighted by Gasteiger charge is 2.56. The normalized spacial score (nSPS) is 26.4. The molecule has 6 heteroatoms. The number of nitrogens with zero attached hydrogens (tertiary/aromatic N) is 1. The molecule has 0 radical (unpaired) electrons. The van der Waals surface area contributed by atoms with Gasteiger partial charge in [0.2, 0.25) is 0 Å². The van der Waals surface area contributed by atoms with Crippen molar-refractivity contribution in [1.82, 2.24) is 5.32 Å². The number of rotatable bonds is 8. The first-order chi connectivity index (χ1) is 16.5. The molecular formula is C28H34N2O4. The molecular weight excluding hydrogens is 428 g/mol. The number of carbonyl (C=O) groups is 2. The highest BCUT2D eigenvalue weighted by atomic mass is 16.6. The number of ether oxygens (including phenoxy) is 1. The maximum atomic E-state index is 13.5. The number of fused-ring (bicyclic) bond motifs is 2. The van der Waals surface area contributed by atoms with Gasteiger partial charge < -0.3 is 15.2 Å². The molecule has 2 aromatic carbocycles. The maximum absolute atomic E-state index is 13.5. The van der Waals surface area contributed by atoms with E-state index in [2.05, 4.69) is 18.3 Å². The van der Waals surface area contributed by atoms with E-state index in [4.69, 9.17) is 4.74 Å². The fourth-order valence-corrected chi connectivity index (χ4v) is 6.32. The van der Waals surface area contributed by atoms with Gasteiger partial charge in [0.1, 0.15) is 6.61 Å². The average Bonchev–Trinajstić information content (AvgIpc) is 3.57. The molecule has 5 rings (SSSR count). The van der Waals surface area contributed by atoms with Crippen molar-refractivity contribution in [3.63, 3.8) is 0 Å². The second-order valence-corrected chi connectivity index (χ2v) is 10.3. The number of para-hydroxylation sites is 1. The smallest absolute Gasteiger partial charge is 0.414 e. The number of anilines is 1. The molecule has 1 aliphatic heterocycles. The number of hydrogen-bond acceptors (Lipinski definition) is 4.